The van der Waals surface area contributed by atoms with Gasteiger partial charge in [-0.25, -0.2) is 4.79 Å². The molecule has 2 aliphatic heterocycles. The largest absolute Gasteiger partial charge is 0.338 e. The molecule has 148 valence electrons. The lowest BCUT2D eigenvalue weighted by atomic mass is 9.95. The van der Waals surface area contributed by atoms with E-state index in [0.717, 1.165) is 51.6 Å². The van der Waals surface area contributed by atoms with Gasteiger partial charge in [0.2, 0.25) is 0 Å². The Kier molecular flexibility index (Phi) is 7.72. The molecule has 0 spiro atoms. The second-order valence-electron chi connectivity index (χ2n) is 7.89. The lowest BCUT2D eigenvalue weighted by molar-refractivity contribution is 0.145. The predicted octanol–water partition coefficient (Wildman–Crippen LogP) is 2.76. The van der Waals surface area contributed by atoms with Crippen molar-refractivity contribution < 1.29 is 4.79 Å². The Morgan fingerprint density at radius 2 is 1.93 bits per heavy atom. The van der Waals surface area contributed by atoms with Gasteiger partial charge in [0.15, 0.2) is 0 Å². The van der Waals surface area contributed by atoms with E-state index in [0.29, 0.717) is 0 Å². The Labute approximate surface area is 164 Å². The summed E-state index contributed by atoms with van der Waals surface area (Å²) in [4.78, 5) is 19.2. The van der Waals surface area contributed by atoms with E-state index < -0.39 is 0 Å². The number of nitrogens with one attached hydrogen (secondary N) is 1. The van der Waals surface area contributed by atoms with Crippen molar-refractivity contribution in [2.75, 3.05) is 59.4 Å². The molecule has 0 aliphatic carbocycles. The molecule has 2 fully saturated rings. The standard InChI is InChI=1S/C22H34N4O/c1-24-13-5-10-21(19-24)11-12-23-22(27)26-17-15-25(16-18-26)14-6-9-20-7-3-2-4-8-20/h2-4,6-9,21H,5,10-19H2,1H3,(H,23,27). The number of hydrogen-bond donors (Lipinski definition) is 1. The Morgan fingerprint density at radius 3 is 2.67 bits per heavy atom. The number of hydrogen-bond acceptors (Lipinski definition) is 3. The molecule has 5 heteroatoms. The molecule has 5 nitrogen and oxygen atoms in total. The van der Waals surface area contributed by atoms with E-state index in [1.165, 1.54) is 31.5 Å². The van der Waals surface area contributed by atoms with Crippen LogP contribution in [-0.2, 0) is 0 Å². The molecule has 1 N–H and O–H groups in total. The van der Waals surface area contributed by atoms with Crippen LogP contribution in [0.1, 0.15) is 24.8 Å². The molecule has 27 heavy (non-hydrogen) atoms. The van der Waals surface area contributed by atoms with Gasteiger partial charge in [-0.2, -0.15) is 0 Å². The highest BCUT2D eigenvalue weighted by molar-refractivity contribution is 5.74. The number of nitrogens with zero attached hydrogens (tertiary/aromatic N) is 3. The number of piperidine rings is 1. The van der Waals surface area contributed by atoms with Crippen LogP contribution >= 0.6 is 0 Å². The first kappa shape index (κ1) is 19.9. The molecule has 1 aromatic carbocycles. The quantitative estimate of drug-likeness (QED) is 0.837. The maximum atomic E-state index is 12.4. The van der Waals surface area contributed by atoms with Crippen molar-refractivity contribution in [3.05, 3.63) is 42.0 Å². The van der Waals surface area contributed by atoms with Gasteiger partial charge in [0.05, 0.1) is 0 Å². The number of benzene rings is 1. The number of piperazine rings is 1. The Hall–Kier alpha value is -1.85. The fraction of sp³-hybridized carbons (Fsp3) is 0.591. The van der Waals surface area contributed by atoms with Gasteiger partial charge >= 0.3 is 6.03 Å². The number of carbonyl (C=O) groups excluding carboxylic acids is 1. The molecule has 1 unspecified atom stereocenters. The summed E-state index contributed by atoms with van der Waals surface area (Å²) in [5, 5.41) is 3.13. The van der Waals surface area contributed by atoms with Crippen LogP contribution in [0.2, 0.25) is 0 Å². The van der Waals surface area contributed by atoms with E-state index in [1.807, 2.05) is 11.0 Å². The minimum Gasteiger partial charge on any atom is -0.338 e. The zero-order valence-corrected chi connectivity index (χ0v) is 16.6. The lowest BCUT2D eigenvalue weighted by Gasteiger charge is -2.34. The molecule has 2 saturated heterocycles. The number of likely N-dealkylation sites (tertiary alicyclic amines) is 1. The molecular formula is C22H34N4O. The minimum absolute atomic E-state index is 0.110. The first-order valence-corrected chi connectivity index (χ1v) is 10.4. The van der Waals surface area contributed by atoms with Crippen LogP contribution in [0, 0.1) is 5.92 Å². The maximum absolute atomic E-state index is 12.4. The summed E-state index contributed by atoms with van der Waals surface area (Å²) in [6.45, 7) is 7.66. The zero-order valence-electron chi connectivity index (χ0n) is 16.6. The molecule has 1 aromatic rings. The van der Waals surface area contributed by atoms with Gasteiger partial charge in [-0.3, -0.25) is 4.90 Å². The number of carbonyl (C=O) groups is 1. The second kappa shape index (κ2) is 10.5. The van der Waals surface area contributed by atoms with Crippen molar-refractivity contribution in [3.8, 4) is 0 Å². The molecule has 0 saturated carbocycles. The van der Waals surface area contributed by atoms with Gasteiger partial charge in [0, 0.05) is 45.8 Å². The van der Waals surface area contributed by atoms with Crippen molar-refractivity contribution >= 4 is 12.1 Å². The summed E-state index contributed by atoms with van der Waals surface area (Å²) in [5.74, 6) is 0.734. The minimum atomic E-state index is 0.110. The van der Waals surface area contributed by atoms with E-state index in [-0.39, 0.29) is 6.03 Å². The first-order chi connectivity index (χ1) is 13.2. The van der Waals surface area contributed by atoms with Gasteiger partial charge in [0.1, 0.15) is 0 Å². The topological polar surface area (TPSA) is 38.8 Å². The summed E-state index contributed by atoms with van der Waals surface area (Å²) >= 11 is 0. The fourth-order valence-corrected chi connectivity index (χ4v) is 4.04. The SMILES string of the molecule is CN1CCCC(CCNC(=O)N2CCN(CC=Cc3ccccc3)CC2)C1. The predicted molar refractivity (Wildman–Crippen MR) is 112 cm³/mol. The number of urea groups is 1. The van der Waals surface area contributed by atoms with Crippen LogP contribution in [0.25, 0.3) is 6.08 Å². The third-order valence-corrected chi connectivity index (χ3v) is 5.68. The molecule has 3 rings (SSSR count). The van der Waals surface area contributed by atoms with Crippen LogP contribution in [0.3, 0.4) is 0 Å². The van der Waals surface area contributed by atoms with Gasteiger partial charge < -0.3 is 15.1 Å². The highest BCUT2D eigenvalue weighted by Gasteiger charge is 2.21. The zero-order chi connectivity index (χ0) is 18.9. The van der Waals surface area contributed by atoms with E-state index in [9.17, 15) is 4.79 Å². The van der Waals surface area contributed by atoms with Gasteiger partial charge in [-0.05, 0) is 44.3 Å². The molecule has 0 radical (unpaired) electrons. The van der Waals surface area contributed by atoms with Crippen LogP contribution in [0.4, 0.5) is 4.79 Å². The second-order valence-corrected chi connectivity index (χ2v) is 7.89. The van der Waals surface area contributed by atoms with Crippen molar-refractivity contribution in [3.63, 3.8) is 0 Å². The van der Waals surface area contributed by atoms with Crippen molar-refractivity contribution in [2.45, 2.75) is 19.3 Å². The van der Waals surface area contributed by atoms with Crippen LogP contribution in [-0.4, -0.2) is 80.1 Å². The third kappa shape index (κ3) is 6.67. The molecule has 2 amide bonds. The van der Waals surface area contributed by atoms with Crippen LogP contribution < -0.4 is 5.32 Å². The lowest BCUT2D eigenvalue weighted by Crippen LogP contribution is -2.52. The fourth-order valence-electron chi connectivity index (χ4n) is 4.04. The van der Waals surface area contributed by atoms with Crippen molar-refractivity contribution in [1.82, 2.24) is 20.0 Å². The summed E-state index contributed by atoms with van der Waals surface area (Å²) < 4.78 is 0. The molecule has 2 aliphatic rings. The molecule has 0 bridgehead atoms. The van der Waals surface area contributed by atoms with E-state index in [2.05, 4.69) is 58.6 Å². The van der Waals surface area contributed by atoms with Crippen molar-refractivity contribution in [1.29, 1.82) is 0 Å². The summed E-state index contributed by atoms with van der Waals surface area (Å²) in [6, 6.07) is 10.5. The molecular weight excluding hydrogens is 336 g/mol. The van der Waals surface area contributed by atoms with Gasteiger partial charge in [0.25, 0.3) is 0 Å². The highest BCUT2D eigenvalue weighted by atomic mass is 16.2. The van der Waals surface area contributed by atoms with Gasteiger partial charge in [-0.15, -0.1) is 0 Å². The van der Waals surface area contributed by atoms with E-state index >= 15 is 0 Å². The Balaban J connectivity index is 1.30. The van der Waals surface area contributed by atoms with E-state index in [4.69, 9.17) is 0 Å². The Bertz CT molecular complexity index is 596. The normalized spacial score (nSPS) is 22.3. The van der Waals surface area contributed by atoms with Crippen LogP contribution in [0.5, 0.6) is 0 Å². The number of rotatable bonds is 6. The molecule has 1 atom stereocenters. The first-order valence-electron chi connectivity index (χ1n) is 10.4. The van der Waals surface area contributed by atoms with Crippen molar-refractivity contribution in [2.24, 2.45) is 5.92 Å². The summed E-state index contributed by atoms with van der Waals surface area (Å²) in [5.41, 5.74) is 1.24. The van der Waals surface area contributed by atoms with E-state index in [1.54, 1.807) is 0 Å². The summed E-state index contributed by atoms with van der Waals surface area (Å²) in [7, 11) is 2.19. The van der Waals surface area contributed by atoms with Crippen LogP contribution in [0.15, 0.2) is 36.4 Å². The smallest absolute Gasteiger partial charge is 0.317 e. The maximum Gasteiger partial charge on any atom is 0.317 e. The molecule has 2 heterocycles. The third-order valence-electron chi connectivity index (χ3n) is 5.68. The number of amides is 2. The average molecular weight is 371 g/mol. The molecule has 0 aromatic heterocycles. The summed E-state index contributed by atoms with van der Waals surface area (Å²) in [6.07, 6.45) is 8.07. The monoisotopic (exact) mass is 370 g/mol. The Morgan fingerprint density at radius 1 is 1.15 bits per heavy atom. The average Bonchev–Trinajstić information content (AvgIpc) is 2.69. The van der Waals surface area contributed by atoms with Gasteiger partial charge in [-0.1, -0.05) is 42.5 Å². The highest BCUT2D eigenvalue weighted by Crippen LogP contribution is 2.17.